The van der Waals surface area contributed by atoms with Crippen molar-refractivity contribution < 1.29 is 4.42 Å². The average Bonchev–Trinajstić information content (AvgIpc) is 2.86. The SMILES string of the molecule is Cc1coc2c1/C(=N\N=C(N)N)CC(c1c(Cl)cccc1Cl)C2.Cl. The van der Waals surface area contributed by atoms with Crippen LogP contribution in [-0.2, 0) is 6.42 Å². The quantitative estimate of drug-likeness (QED) is 0.463. The highest BCUT2D eigenvalue weighted by atomic mass is 35.5. The van der Waals surface area contributed by atoms with Gasteiger partial charge in [0.25, 0.3) is 0 Å². The van der Waals surface area contributed by atoms with Crippen LogP contribution < -0.4 is 11.5 Å². The number of hydrogen-bond donors (Lipinski definition) is 2. The minimum Gasteiger partial charge on any atom is -0.468 e. The number of nitrogens with zero attached hydrogens (tertiary/aromatic N) is 2. The zero-order chi connectivity index (χ0) is 16.6. The number of furan rings is 1. The zero-order valence-electron chi connectivity index (χ0n) is 12.9. The lowest BCUT2D eigenvalue weighted by Gasteiger charge is -2.24. The number of aryl methyl sites for hydroxylation is 1. The second kappa shape index (κ2) is 7.47. The first kappa shape index (κ1) is 18.6. The normalized spacial score (nSPS) is 18.0. The van der Waals surface area contributed by atoms with Crippen LogP contribution in [0.25, 0.3) is 0 Å². The Bertz CT molecular complexity index is 789. The molecule has 0 aliphatic heterocycles. The molecule has 1 heterocycles. The van der Waals surface area contributed by atoms with Gasteiger partial charge in [-0.15, -0.1) is 17.5 Å². The highest BCUT2D eigenvalue weighted by Gasteiger charge is 2.31. The van der Waals surface area contributed by atoms with E-state index in [0.29, 0.717) is 22.9 Å². The Balaban J connectivity index is 0.00000208. The summed E-state index contributed by atoms with van der Waals surface area (Å²) in [4.78, 5) is 0. The third kappa shape index (κ3) is 3.53. The Hall–Kier alpha value is -1.69. The molecule has 24 heavy (non-hydrogen) atoms. The van der Waals surface area contributed by atoms with Crippen LogP contribution in [0.3, 0.4) is 0 Å². The summed E-state index contributed by atoms with van der Waals surface area (Å²) in [5.41, 5.74) is 14.4. The molecule has 0 saturated carbocycles. The Morgan fingerprint density at radius 1 is 1.21 bits per heavy atom. The van der Waals surface area contributed by atoms with Crippen molar-refractivity contribution in [3.05, 3.63) is 57.0 Å². The van der Waals surface area contributed by atoms with Crippen molar-refractivity contribution in [2.45, 2.75) is 25.7 Å². The van der Waals surface area contributed by atoms with Gasteiger partial charge in [-0.25, -0.2) is 0 Å². The van der Waals surface area contributed by atoms with Crippen molar-refractivity contribution in [2.24, 2.45) is 21.7 Å². The predicted octanol–water partition coefficient (Wildman–Crippen LogP) is 4.02. The van der Waals surface area contributed by atoms with E-state index in [1.165, 1.54) is 0 Å². The number of nitrogens with two attached hydrogens (primary N) is 2. The van der Waals surface area contributed by atoms with Gasteiger partial charge in [-0.05, 0) is 42.5 Å². The fourth-order valence-corrected chi connectivity index (χ4v) is 3.69. The maximum atomic E-state index is 6.35. The minimum absolute atomic E-state index is 0. The van der Waals surface area contributed by atoms with Crippen molar-refractivity contribution in [1.82, 2.24) is 0 Å². The van der Waals surface area contributed by atoms with Crippen LogP contribution in [0.4, 0.5) is 0 Å². The Kier molecular flexibility index (Phi) is 5.80. The van der Waals surface area contributed by atoms with Crippen LogP contribution in [0, 0.1) is 6.92 Å². The number of hydrogen-bond acceptors (Lipinski definition) is 3. The van der Waals surface area contributed by atoms with Gasteiger partial charge < -0.3 is 15.9 Å². The van der Waals surface area contributed by atoms with Gasteiger partial charge >= 0.3 is 0 Å². The molecule has 3 rings (SSSR count). The molecule has 1 aromatic heterocycles. The van der Waals surface area contributed by atoms with E-state index in [0.717, 1.165) is 28.2 Å². The molecule has 8 heteroatoms. The molecule has 128 valence electrons. The standard InChI is InChI=1S/C16H16Cl2N4O.ClH/c1-8-7-23-13-6-9(15-10(17)3-2-4-11(15)18)5-12(14(8)13)21-22-16(19)20;/h2-4,7,9H,5-6H2,1H3,(H4,19,20,22);1H/b21-12-;. The Morgan fingerprint density at radius 2 is 1.88 bits per heavy atom. The minimum atomic E-state index is -0.0851. The number of halogens is 3. The molecule has 1 unspecified atom stereocenters. The van der Waals surface area contributed by atoms with Crippen LogP contribution in [0.15, 0.2) is 39.1 Å². The smallest absolute Gasteiger partial charge is 0.211 e. The number of rotatable bonds is 2. The van der Waals surface area contributed by atoms with Gasteiger partial charge in [0.1, 0.15) is 5.76 Å². The Morgan fingerprint density at radius 3 is 2.50 bits per heavy atom. The molecule has 0 amide bonds. The highest BCUT2D eigenvalue weighted by Crippen LogP contribution is 2.40. The monoisotopic (exact) mass is 386 g/mol. The first-order chi connectivity index (χ1) is 11.0. The molecule has 0 saturated heterocycles. The van der Waals surface area contributed by atoms with Crippen LogP contribution in [0.1, 0.15) is 34.8 Å². The van der Waals surface area contributed by atoms with Gasteiger partial charge in [0.2, 0.25) is 5.96 Å². The van der Waals surface area contributed by atoms with Crippen molar-refractivity contribution in [1.29, 1.82) is 0 Å². The number of benzene rings is 1. The molecule has 0 fully saturated rings. The second-order valence-corrected chi connectivity index (χ2v) is 6.34. The predicted molar refractivity (Wildman–Crippen MR) is 101 cm³/mol. The molecular weight excluding hydrogens is 371 g/mol. The third-order valence-corrected chi connectivity index (χ3v) is 4.56. The first-order valence-electron chi connectivity index (χ1n) is 7.14. The van der Waals surface area contributed by atoms with Gasteiger partial charge in [-0.3, -0.25) is 0 Å². The van der Waals surface area contributed by atoms with Crippen molar-refractivity contribution in [3.8, 4) is 0 Å². The lowest BCUT2D eigenvalue weighted by molar-refractivity contribution is 0.480. The molecule has 1 atom stereocenters. The molecule has 5 nitrogen and oxygen atoms in total. The maximum Gasteiger partial charge on any atom is 0.211 e. The maximum absolute atomic E-state index is 6.35. The third-order valence-electron chi connectivity index (χ3n) is 3.91. The van der Waals surface area contributed by atoms with E-state index >= 15 is 0 Å². The summed E-state index contributed by atoms with van der Waals surface area (Å²) in [6, 6.07) is 5.49. The summed E-state index contributed by atoms with van der Waals surface area (Å²) in [5, 5.41) is 9.26. The Labute approximate surface area is 156 Å². The van der Waals surface area contributed by atoms with Crippen molar-refractivity contribution in [3.63, 3.8) is 0 Å². The largest absolute Gasteiger partial charge is 0.468 e. The fourth-order valence-electron chi connectivity index (χ4n) is 2.98. The summed E-state index contributed by atoms with van der Waals surface area (Å²) in [5.74, 6) is 0.819. The molecule has 2 aromatic rings. The number of guanidine groups is 1. The van der Waals surface area contributed by atoms with E-state index < -0.39 is 0 Å². The van der Waals surface area contributed by atoms with Crippen LogP contribution >= 0.6 is 35.6 Å². The molecular formula is C16H17Cl3N4O. The van der Waals surface area contributed by atoms with Gasteiger partial charge in [0.05, 0.1) is 12.0 Å². The summed E-state index contributed by atoms with van der Waals surface area (Å²) >= 11 is 12.7. The lowest BCUT2D eigenvalue weighted by atomic mass is 9.81. The van der Waals surface area contributed by atoms with E-state index in [1.807, 2.05) is 25.1 Å². The van der Waals surface area contributed by atoms with Crippen molar-refractivity contribution in [2.75, 3.05) is 0 Å². The van der Waals surface area contributed by atoms with Gasteiger partial charge in [0.15, 0.2) is 0 Å². The molecule has 0 spiro atoms. The first-order valence-corrected chi connectivity index (χ1v) is 7.89. The average molecular weight is 388 g/mol. The number of fused-ring (bicyclic) bond motifs is 1. The molecule has 0 radical (unpaired) electrons. The van der Waals surface area contributed by atoms with E-state index in [2.05, 4.69) is 10.2 Å². The van der Waals surface area contributed by atoms with Crippen LogP contribution in [0.5, 0.6) is 0 Å². The lowest BCUT2D eigenvalue weighted by Crippen LogP contribution is -2.23. The van der Waals surface area contributed by atoms with E-state index in [9.17, 15) is 0 Å². The van der Waals surface area contributed by atoms with Crippen LogP contribution in [-0.4, -0.2) is 11.7 Å². The van der Waals surface area contributed by atoms with E-state index in [-0.39, 0.29) is 24.3 Å². The molecule has 1 aliphatic rings. The molecule has 0 bridgehead atoms. The molecule has 1 aromatic carbocycles. The summed E-state index contributed by atoms with van der Waals surface area (Å²) in [7, 11) is 0. The van der Waals surface area contributed by atoms with Crippen molar-refractivity contribution >= 4 is 47.3 Å². The summed E-state index contributed by atoms with van der Waals surface area (Å²) < 4.78 is 5.68. The van der Waals surface area contributed by atoms with E-state index in [1.54, 1.807) is 6.26 Å². The van der Waals surface area contributed by atoms with Gasteiger partial charge in [-0.1, -0.05) is 29.3 Å². The molecule has 4 N–H and O–H groups in total. The van der Waals surface area contributed by atoms with Gasteiger partial charge in [0, 0.05) is 22.0 Å². The van der Waals surface area contributed by atoms with Gasteiger partial charge in [-0.2, -0.15) is 5.10 Å². The summed E-state index contributed by atoms with van der Waals surface area (Å²) in [6.07, 6.45) is 3.05. The second-order valence-electron chi connectivity index (χ2n) is 5.53. The summed E-state index contributed by atoms with van der Waals surface area (Å²) in [6.45, 7) is 1.97. The fraction of sp³-hybridized carbons (Fsp3) is 0.250. The molecule has 1 aliphatic carbocycles. The zero-order valence-corrected chi connectivity index (χ0v) is 15.3. The van der Waals surface area contributed by atoms with E-state index in [4.69, 9.17) is 39.1 Å². The topological polar surface area (TPSA) is 89.9 Å². The highest BCUT2D eigenvalue weighted by molar-refractivity contribution is 6.36. The van der Waals surface area contributed by atoms with Crippen LogP contribution in [0.2, 0.25) is 10.0 Å².